The Morgan fingerprint density at radius 3 is 2.80 bits per heavy atom. The Morgan fingerprint density at radius 2 is 2.40 bits per heavy atom. The van der Waals surface area contributed by atoms with Gasteiger partial charge in [-0.2, -0.15) is 0 Å². The molecule has 0 fully saturated rings. The van der Waals surface area contributed by atoms with E-state index in [1.165, 1.54) is 13.3 Å². The number of hydrogen-bond acceptors (Lipinski definition) is 4. The molecule has 0 unspecified atom stereocenters. The molecule has 1 heterocycles. The number of methoxy groups -OCH3 is 1. The highest BCUT2D eigenvalue weighted by molar-refractivity contribution is 5.34. The molecule has 0 bridgehead atoms. The molecule has 0 aliphatic rings. The summed E-state index contributed by atoms with van der Waals surface area (Å²) >= 11 is 0. The third-order valence-electron chi connectivity index (χ3n) is 1.04. The van der Waals surface area contributed by atoms with Gasteiger partial charge in [-0.3, -0.25) is 0 Å². The second-order valence-electron chi connectivity index (χ2n) is 1.65. The van der Waals surface area contributed by atoms with Gasteiger partial charge in [0.15, 0.2) is 0 Å². The molecule has 10 heavy (non-hydrogen) atoms. The lowest BCUT2D eigenvalue weighted by Gasteiger charge is -1.94. The molecule has 1 aromatic heterocycles. The van der Waals surface area contributed by atoms with Crippen molar-refractivity contribution in [3.05, 3.63) is 23.2 Å². The molecule has 0 saturated heterocycles. The van der Waals surface area contributed by atoms with Gasteiger partial charge < -0.3 is 4.74 Å². The monoisotopic (exact) mass is 138 g/mol. The van der Waals surface area contributed by atoms with Crippen molar-refractivity contribution in [1.29, 1.82) is 0 Å². The Labute approximate surface area is 57.8 Å². The third-order valence-corrected chi connectivity index (χ3v) is 1.04. The van der Waals surface area contributed by atoms with E-state index in [2.05, 4.69) is 10.2 Å². The zero-order valence-corrected chi connectivity index (χ0v) is 5.44. The summed E-state index contributed by atoms with van der Waals surface area (Å²) < 4.78 is 4.76. The molecule has 0 aliphatic carbocycles. The molecule has 1 aromatic rings. The second kappa shape index (κ2) is 2.91. The van der Waals surface area contributed by atoms with Crippen LogP contribution in [-0.4, -0.2) is 12.1 Å². The van der Waals surface area contributed by atoms with Gasteiger partial charge in [0, 0.05) is 6.07 Å². The average molecular weight is 138 g/mol. The van der Waals surface area contributed by atoms with Gasteiger partial charge in [0.25, 0.3) is 0 Å². The number of rotatable bonds is 2. The third kappa shape index (κ3) is 1.28. The highest BCUT2D eigenvalue weighted by Crippen LogP contribution is 2.12. The SMILES string of the molecule is COc1ccc(N=O)cn1. The predicted molar refractivity (Wildman–Crippen MR) is 36.2 cm³/mol. The van der Waals surface area contributed by atoms with E-state index in [1.807, 2.05) is 0 Å². The lowest BCUT2D eigenvalue weighted by atomic mass is 10.4. The molecule has 0 spiro atoms. The van der Waals surface area contributed by atoms with Crippen molar-refractivity contribution in [2.24, 2.45) is 5.18 Å². The Balaban J connectivity index is 2.90. The highest BCUT2D eigenvalue weighted by atomic mass is 16.5. The van der Waals surface area contributed by atoms with Crippen LogP contribution in [0.4, 0.5) is 5.69 Å². The zero-order chi connectivity index (χ0) is 7.40. The summed E-state index contributed by atoms with van der Waals surface area (Å²) in [4.78, 5) is 13.6. The molecule has 0 amide bonds. The van der Waals surface area contributed by atoms with Crippen molar-refractivity contribution < 1.29 is 4.74 Å². The maximum absolute atomic E-state index is 9.88. The first-order chi connectivity index (χ1) is 4.86. The standard InChI is InChI=1S/C6H6N2O2/c1-10-6-3-2-5(8-9)4-7-6/h2-4H,1H3. The van der Waals surface area contributed by atoms with Crippen LogP contribution in [0.15, 0.2) is 23.5 Å². The summed E-state index contributed by atoms with van der Waals surface area (Å²) in [5, 5.41) is 2.68. The van der Waals surface area contributed by atoms with Crippen LogP contribution in [0.5, 0.6) is 5.88 Å². The second-order valence-corrected chi connectivity index (χ2v) is 1.65. The molecule has 0 aliphatic heterocycles. The van der Waals surface area contributed by atoms with Gasteiger partial charge >= 0.3 is 0 Å². The quantitative estimate of drug-likeness (QED) is 0.581. The van der Waals surface area contributed by atoms with Crippen molar-refractivity contribution in [2.45, 2.75) is 0 Å². The summed E-state index contributed by atoms with van der Waals surface area (Å²) in [7, 11) is 1.51. The molecule has 0 N–H and O–H groups in total. The molecule has 4 nitrogen and oxygen atoms in total. The van der Waals surface area contributed by atoms with E-state index in [0.717, 1.165) is 0 Å². The Bertz CT molecular complexity index is 220. The maximum atomic E-state index is 9.88. The first-order valence-electron chi connectivity index (χ1n) is 2.70. The van der Waals surface area contributed by atoms with Crippen molar-refractivity contribution in [2.75, 3.05) is 7.11 Å². The number of nitroso groups, excluding NO2 is 1. The van der Waals surface area contributed by atoms with Gasteiger partial charge in [0.05, 0.1) is 13.3 Å². The molecule has 4 heteroatoms. The van der Waals surface area contributed by atoms with Crippen LogP contribution in [0, 0.1) is 4.91 Å². The molecular formula is C6H6N2O2. The minimum absolute atomic E-state index is 0.306. The first kappa shape index (κ1) is 6.67. The van der Waals surface area contributed by atoms with E-state index in [1.54, 1.807) is 12.1 Å². The molecule has 0 saturated carbocycles. The summed E-state index contributed by atoms with van der Waals surface area (Å²) in [6.45, 7) is 0. The van der Waals surface area contributed by atoms with Crippen LogP contribution in [0.25, 0.3) is 0 Å². The summed E-state index contributed by atoms with van der Waals surface area (Å²) in [6.07, 6.45) is 1.35. The fourth-order valence-corrected chi connectivity index (χ4v) is 0.547. The summed E-state index contributed by atoms with van der Waals surface area (Å²) in [6, 6.07) is 3.12. The van der Waals surface area contributed by atoms with Crippen LogP contribution >= 0.6 is 0 Å². The van der Waals surface area contributed by atoms with Crippen molar-refractivity contribution >= 4 is 5.69 Å². The van der Waals surface area contributed by atoms with E-state index in [0.29, 0.717) is 11.6 Å². The van der Waals surface area contributed by atoms with E-state index in [4.69, 9.17) is 4.74 Å². The van der Waals surface area contributed by atoms with Crippen molar-refractivity contribution in [1.82, 2.24) is 4.98 Å². The van der Waals surface area contributed by atoms with Gasteiger partial charge in [-0.15, -0.1) is 4.91 Å². The lowest BCUT2D eigenvalue weighted by molar-refractivity contribution is 0.398. The van der Waals surface area contributed by atoms with Gasteiger partial charge in [-0.05, 0) is 11.2 Å². The molecule has 1 rings (SSSR count). The number of pyridine rings is 1. The number of hydrogen-bond donors (Lipinski definition) is 0. The van der Waals surface area contributed by atoms with Crippen molar-refractivity contribution in [3.63, 3.8) is 0 Å². The lowest BCUT2D eigenvalue weighted by Crippen LogP contribution is -1.84. The largest absolute Gasteiger partial charge is 0.481 e. The van der Waals surface area contributed by atoms with E-state index >= 15 is 0 Å². The average Bonchev–Trinajstić information content (AvgIpc) is 2.05. The van der Waals surface area contributed by atoms with E-state index in [9.17, 15) is 4.91 Å². The fourth-order valence-electron chi connectivity index (χ4n) is 0.547. The van der Waals surface area contributed by atoms with E-state index in [-0.39, 0.29) is 0 Å². The minimum atomic E-state index is 0.306. The number of aromatic nitrogens is 1. The maximum Gasteiger partial charge on any atom is 0.213 e. The number of ether oxygens (including phenoxy) is 1. The molecule has 0 radical (unpaired) electrons. The normalized spacial score (nSPS) is 8.90. The molecule has 0 atom stereocenters. The Kier molecular flexibility index (Phi) is 1.94. The van der Waals surface area contributed by atoms with Crippen LogP contribution in [0.2, 0.25) is 0 Å². The highest BCUT2D eigenvalue weighted by Gasteiger charge is 1.92. The summed E-state index contributed by atoms with van der Waals surface area (Å²) in [5.41, 5.74) is 0.306. The molecule has 0 aromatic carbocycles. The predicted octanol–water partition coefficient (Wildman–Crippen LogP) is 1.49. The van der Waals surface area contributed by atoms with E-state index < -0.39 is 0 Å². The fraction of sp³-hybridized carbons (Fsp3) is 0.167. The van der Waals surface area contributed by atoms with Gasteiger partial charge in [-0.25, -0.2) is 4.98 Å². The zero-order valence-electron chi connectivity index (χ0n) is 5.44. The first-order valence-corrected chi connectivity index (χ1v) is 2.70. The van der Waals surface area contributed by atoms with Gasteiger partial charge in [-0.1, -0.05) is 0 Å². The van der Waals surface area contributed by atoms with Crippen LogP contribution in [0.1, 0.15) is 0 Å². The molecular weight excluding hydrogens is 132 g/mol. The van der Waals surface area contributed by atoms with Crippen LogP contribution in [-0.2, 0) is 0 Å². The van der Waals surface area contributed by atoms with Gasteiger partial charge in [0.1, 0.15) is 5.69 Å². The summed E-state index contributed by atoms with van der Waals surface area (Å²) in [5.74, 6) is 0.479. The minimum Gasteiger partial charge on any atom is -0.481 e. The number of nitrogens with zero attached hydrogens (tertiary/aromatic N) is 2. The smallest absolute Gasteiger partial charge is 0.213 e. The topological polar surface area (TPSA) is 51.5 Å². The molecule has 52 valence electrons. The van der Waals surface area contributed by atoms with Gasteiger partial charge in [0.2, 0.25) is 5.88 Å². The Hall–Kier alpha value is -1.45. The Morgan fingerprint density at radius 1 is 1.60 bits per heavy atom. The van der Waals surface area contributed by atoms with Crippen LogP contribution in [0.3, 0.4) is 0 Å². The van der Waals surface area contributed by atoms with Crippen molar-refractivity contribution in [3.8, 4) is 5.88 Å². The van der Waals surface area contributed by atoms with Crippen LogP contribution < -0.4 is 4.74 Å².